The largest absolute Gasteiger partial charge is 0.480 e. The fourth-order valence-corrected chi connectivity index (χ4v) is 1.88. The predicted octanol–water partition coefficient (Wildman–Crippen LogP) is 0.975. The third kappa shape index (κ3) is 3.51. The Labute approximate surface area is 118 Å². The molecule has 0 radical (unpaired) electrons. The van der Waals surface area contributed by atoms with Crippen LogP contribution in [0.4, 0.5) is 0 Å². The summed E-state index contributed by atoms with van der Waals surface area (Å²) in [5.74, 6) is 1.85. The van der Waals surface area contributed by atoms with E-state index in [4.69, 9.17) is 10.5 Å². The first-order valence-electron chi connectivity index (χ1n) is 6.60. The molecule has 2 N–H and O–H groups in total. The number of ether oxygens (including phenoxy) is 1. The molecule has 2 aromatic heterocycles. The summed E-state index contributed by atoms with van der Waals surface area (Å²) in [4.78, 5) is 4.27. The Bertz CT molecular complexity index is 536. The zero-order valence-electron chi connectivity index (χ0n) is 12.0. The second kappa shape index (κ2) is 6.42. The number of hydrogen-bond acceptors (Lipinski definition) is 6. The van der Waals surface area contributed by atoms with Crippen LogP contribution in [-0.2, 0) is 13.0 Å². The number of aromatic nitrogens is 5. The summed E-state index contributed by atoms with van der Waals surface area (Å²) in [6, 6.07) is 3.31. The van der Waals surface area contributed by atoms with Crippen LogP contribution in [0.15, 0.2) is 18.5 Å². The van der Waals surface area contributed by atoms with Gasteiger partial charge in [0.05, 0.1) is 18.8 Å². The van der Waals surface area contributed by atoms with Crippen molar-refractivity contribution in [1.29, 1.82) is 0 Å². The van der Waals surface area contributed by atoms with Gasteiger partial charge in [0.15, 0.2) is 0 Å². The van der Waals surface area contributed by atoms with Crippen molar-refractivity contribution in [2.75, 3.05) is 7.11 Å². The molecule has 0 amide bonds. The van der Waals surface area contributed by atoms with E-state index in [0.29, 0.717) is 23.9 Å². The molecule has 0 saturated carbocycles. The van der Waals surface area contributed by atoms with E-state index in [9.17, 15) is 0 Å². The van der Waals surface area contributed by atoms with Gasteiger partial charge < -0.3 is 10.5 Å². The summed E-state index contributed by atoms with van der Waals surface area (Å²) in [5.41, 5.74) is 6.87. The molecule has 1 unspecified atom stereocenters. The van der Waals surface area contributed by atoms with Crippen LogP contribution in [0.25, 0.3) is 0 Å². The molecule has 7 nitrogen and oxygen atoms in total. The molecule has 2 heterocycles. The molecule has 2 aromatic rings. The Morgan fingerprint density at radius 1 is 1.30 bits per heavy atom. The normalized spacial score (nSPS) is 12.7. The average molecular weight is 276 g/mol. The first-order chi connectivity index (χ1) is 9.60. The molecular weight excluding hydrogens is 256 g/mol. The highest BCUT2D eigenvalue weighted by molar-refractivity contribution is 5.14. The van der Waals surface area contributed by atoms with Gasteiger partial charge in [-0.25, -0.2) is 9.67 Å². The van der Waals surface area contributed by atoms with Gasteiger partial charge in [0.25, 0.3) is 0 Å². The SMILES string of the molecule is COc1ccc(C(N)Cc2ncnn2CC(C)C)nn1. The summed E-state index contributed by atoms with van der Waals surface area (Å²) in [6.45, 7) is 5.11. The van der Waals surface area contributed by atoms with Crippen molar-refractivity contribution in [2.24, 2.45) is 11.7 Å². The molecule has 0 saturated heterocycles. The highest BCUT2D eigenvalue weighted by Crippen LogP contribution is 2.14. The van der Waals surface area contributed by atoms with E-state index in [-0.39, 0.29) is 6.04 Å². The number of rotatable bonds is 6. The lowest BCUT2D eigenvalue weighted by atomic mass is 10.1. The van der Waals surface area contributed by atoms with E-state index >= 15 is 0 Å². The summed E-state index contributed by atoms with van der Waals surface area (Å²) in [6.07, 6.45) is 2.14. The molecular formula is C13H20N6O. The van der Waals surface area contributed by atoms with Crippen LogP contribution in [0.3, 0.4) is 0 Å². The van der Waals surface area contributed by atoms with Crippen LogP contribution in [0, 0.1) is 5.92 Å². The number of methoxy groups -OCH3 is 1. The van der Waals surface area contributed by atoms with Crippen molar-refractivity contribution >= 4 is 0 Å². The third-order valence-corrected chi connectivity index (χ3v) is 2.89. The van der Waals surface area contributed by atoms with Gasteiger partial charge in [-0.2, -0.15) is 10.2 Å². The van der Waals surface area contributed by atoms with Gasteiger partial charge in [0, 0.05) is 19.0 Å². The minimum Gasteiger partial charge on any atom is -0.480 e. The van der Waals surface area contributed by atoms with Crippen LogP contribution in [0.1, 0.15) is 31.4 Å². The number of nitrogens with two attached hydrogens (primary N) is 1. The Kier molecular flexibility index (Phi) is 4.62. The molecule has 0 fully saturated rings. The van der Waals surface area contributed by atoms with Gasteiger partial charge in [0.1, 0.15) is 12.2 Å². The van der Waals surface area contributed by atoms with Crippen molar-refractivity contribution in [3.8, 4) is 5.88 Å². The van der Waals surface area contributed by atoms with E-state index in [0.717, 1.165) is 12.4 Å². The van der Waals surface area contributed by atoms with Crippen molar-refractivity contribution in [3.05, 3.63) is 30.0 Å². The van der Waals surface area contributed by atoms with E-state index in [1.165, 1.54) is 0 Å². The average Bonchev–Trinajstić information content (AvgIpc) is 2.85. The summed E-state index contributed by atoms with van der Waals surface area (Å²) < 4.78 is 6.87. The lowest BCUT2D eigenvalue weighted by Gasteiger charge is -2.12. The summed E-state index contributed by atoms with van der Waals surface area (Å²) in [7, 11) is 1.55. The molecule has 7 heteroatoms. The van der Waals surface area contributed by atoms with Crippen molar-refractivity contribution in [3.63, 3.8) is 0 Å². The molecule has 0 aromatic carbocycles. The van der Waals surface area contributed by atoms with Crippen LogP contribution in [0.5, 0.6) is 5.88 Å². The second-order valence-corrected chi connectivity index (χ2v) is 5.06. The van der Waals surface area contributed by atoms with E-state index in [2.05, 4.69) is 34.1 Å². The monoisotopic (exact) mass is 276 g/mol. The fourth-order valence-electron chi connectivity index (χ4n) is 1.88. The van der Waals surface area contributed by atoms with Gasteiger partial charge in [-0.15, -0.1) is 5.10 Å². The molecule has 0 bridgehead atoms. The molecule has 0 aliphatic carbocycles. The van der Waals surface area contributed by atoms with Crippen LogP contribution < -0.4 is 10.5 Å². The minimum absolute atomic E-state index is 0.261. The Balaban J connectivity index is 2.06. The lowest BCUT2D eigenvalue weighted by molar-refractivity contribution is 0.390. The molecule has 0 aliphatic heterocycles. The highest BCUT2D eigenvalue weighted by Gasteiger charge is 2.14. The van der Waals surface area contributed by atoms with Crippen molar-refractivity contribution in [2.45, 2.75) is 32.9 Å². The molecule has 108 valence electrons. The number of nitrogens with zero attached hydrogens (tertiary/aromatic N) is 5. The van der Waals surface area contributed by atoms with Gasteiger partial charge in [0.2, 0.25) is 5.88 Å². The zero-order chi connectivity index (χ0) is 14.5. The maximum Gasteiger partial charge on any atom is 0.233 e. The molecule has 0 aliphatic rings. The topological polar surface area (TPSA) is 91.7 Å². The molecule has 1 atom stereocenters. The number of hydrogen-bond donors (Lipinski definition) is 1. The fraction of sp³-hybridized carbons (Fsp3) is 0.538. The third-order valence-electron chi connectivity index (χ3n) is 2.89. The maximum absolute atomic E-state index is 6.15. The quantitative estimate of drug-likeness (QED) is 0.845. The van der Waals surface area contributed by atoms with Crippen LogP contribution in [0.2, 0.25) is 0 Å². The predicted molar refractivity (Wildman–Crippen MR) is 74.1 cm³/mol. The Hall–Kier alpha value is -2.02. The van der Waals surface area contributed by atoms with Gasteiger partial charge >= 0.3 is 0 Å². The first-order valence-corrected chi connectivity index (χ1v) is 6.60. The smallest absolute Gasteiger partial charge is 0.233 e. The van der Waals surface area contributed by atoms with E-state index < -0.39 is 0 Å². The van der Waals surface area contributed by atoms with E-state index in [1.807, 2.05) is 10.7 Å². The van der Waals surface area contributed by atoms with Crippen molar-refractivity contribution in [1.82, 2.24) is 25.0 Å². The molecule has 0 spiro atoms. The van der Waals surface area contributed by atoms with Gasteiger partial charge in [-0.05, 0) is 12.0 Å². The minimum atomic E-state index is -0.261. The van der Waals surface area contributed by atoms with Crippen LogP contribution in [-0.4, -0.2) is 32.1 Å². The summed E-state index contributed by atoms with van der Waals surface area (Å²) in [5, 5.41) is 12.2. The first kappa shape index (κ1) is 14.4. The van der Waals surface area contributed by atoms with Crippen molar-refractivity contribution < 1.29 is 4.74 Å². The summed E-state index contributed by atoms with van der Waals surface area (Å²) >= 11 is 0. The Morgan fingerprint density at radius 2 is 2.10 bits per heavy atom. The zero-order valence-corrected chi connectivity index (χ0v) is 12.0. The standard InChI is InChI=1S/C13H20N6O/c1-9(2)7-19-12(15-8-16-19)6-10(14)11-4-5-13(20-3)18-17-11/h4-5,8-10H,6-7,14H2,1-3H3. The second-order valence-electron chi connectivity index (χ2n) is 5.06. The molecule has 2 rings (SSSR count). The Morgan fingerprint density at radius 3 is 2.70 bits per heavy atom. The highest BCUT2D eigenvalue weighted by atomic mass is 16.5. The maximum atomic E-state index is 6.15. The van der Waals surface area contributed by atoms with Gasteiger partial charge in [-0.1, -0.05) is 13.8 Å². The molecule has 20 heavy (non-hydrogen) atoms. The van der Waals surface area contributed by atoms with Crippen LogP contribution >= 0.6 is 0 Å². The van der Waals surface area contributed by atoms with E-state index in [1.54, 1.807) is 19.5 Å². The van der Waals surface area contributed by atoms with Gasteiger partial charge in [-0.3, -0.25) is 0 Å². The lowest BCUT2D eigenvalue weighted by Crippen LogP contribution is -2.19.